The van der Waals surface area contributed by atoms with E-state index < -0.39 is 0 Å². The van der Waals surface area contributed by atoms with Crippen LogP contribution in [-0.4, -0.2) is 24.7 Å². The Bertz CT molecular complexity index is 339. The first-order chi connectivity index (χ1) is 7.50. The van der Waals surface area contributed by atoms with Crippen LogP contribution in [0.5, 0.6) is 0 Å². The maximum Gasteiger partial charge on any atom is 0.235 e. The molecule has 1 fully saturated rings. The number of hydrogen-bond donors (Lipinski definition) is 0. The standard InChI is InChI=1S/C12H18N2O2/c1-9-4-12(2,3)5-11(14-8-16)10(9)6-13-7-15/h9-11H,4-6H2,1-3H3. The van der Waals surface area contributed by atoms with Crippen molar-refractivity contribution in [2.75, 3.05) is 6.54 Å². The number of carbonyl (C=O) groups excluding carboxylic acids is 2. The normalized spacial score (nSPS) is 32.3. The molecule has 0 N–H and O–H groups in total. The monoisotopic (exact) mass is 222 g/mol. The van der Waals surface area contributed by atoms with Crippen molar-refractivity contribution in [1.29, 1.82) is 0 Å². The van der Waals surface area contributed by atoms with Gasteiger partial charge in [-0.05, 0) is 24.2 Å². The van der Waals surface area contributed by atoms with Crippen molar-refractivity contribution in [2.24, 2.45) is 27.2 Å². The van der Waals surface area contributed by atoms with Gasteiger partial charge in [-0.1, -0.05) is 20.8 Å². The molecular weight excluding hydrogens is 204 g/mol. The summed E-state index contributed by atoms with van der Waals surface area (Å²) in [6.45, 7) is 6.89. The molecule has 0 bridgehead atoms. The third-order valence-corrected chi connectivity index (χ3v) is 3.45. The SMILES string of the molecule is CC1CC(C)(C)CC(N=C=O)C1CN=C=O. The lowest BCUT2D eigenvalue weighted by Gasteiger charge is -2.42. The van der Waals surface area contributed by atoms with Gasteiger partial charge in [0.1, 0.15) is 0 Å². The summed E-state index contributed by atoms with van der Waals surface area (Å²) in [5, 5.41) is 0. The molecule has 4 heteroatoms. The highest BCUT2D eigenvalue weighted by Gasteiger charge is 2.39. The third-order valence-electron chi connectivity index (χ3n) is 3.45. The molecule has 0 radical (unpaired) electrons. The molecule has 0 saturated heterocycles. The van der Waals surface area contributed by atoms with Gasteiger partial charge in [0.15, 0.2) is 0 Å². The van der Waals surface area contributed by atoms with Crippen LogP contribution in [0.15, 0.2) is 9.98 Å². The quantitative estimate of drug-likeness (QED) is 0.542. The van der Waals surface area contributed by atoms with Gasteiger partial charge >= 0.3 is 0 Å². The van der Waals surface area contributed by atoms with Crippen LogP contribution in [0.2, 0.25) is 0 Å². The van der Waals surface area contributed by atoms with Crippen LogP contribution in [-0.2, 0) is 9.59 Å². The Hall–Kier alpha value is -1.24. The fraction of sp³-hybridized carbons (Fsp3) is 0.833. The minimum Gasteiger partial charge on any atom is -0.211 e. The number of isocyanates is 2. The molecule has 0 amide bonds. The lowest BCUT2D eigenvalue weighted by molar-refractivity contribution is 0.111. The maximum atomic E-state index is 10.4. The van der Waals surface area contributed by atoms with E-state index in [1.165, 1.54) is 0 Å². The Kier molecular flexibility index (Phi) is 4.17. The minimum atomic E-state index is -0.0617. The van der Waals surface area contributed by atoms with Crippen molar-refractivity contribution < 1.29 is 9.59 Å². The zero-order valence-electron chi connectivity index (χ0n) is 10.1. The number of hydrogen-bond acceptors (Lipinski definition) is 4. The van der Waals surface area contributed by atoms with Gasteiger partial charge in [-0.3, -0.25) is 0 Å². The fourth-order valence-corrected chi connectivity index (χ4v) is 2.86. The van der Waals surface area contributed by atoms with Gasteiger partial charge in [0, 0.05) is 5.92 Å². The molecule has 16 heavy (non-hydrogen) atoms. The van der Waals surface area contributed by atoms with Gasteiger partial charge in [-0.15, -0.1) is 0 Å². The molecule has 0 aromatic rings. The zero-order chi connectivity index (χ0) is 12.2. The van der Waals surface area contributed by atoms with E-state index in [1.807, 2.05) is 0 Å². The van der Waals surface area contributed by atoms with Gasteiger partial charge in [0.05, 0.1) is 12.6 Å². The highest BCUT2D eigenvalue weighted by molar-refractivity contribution is 5.34. The van der Waals surface area contributed by atoms with Crippen molar-refractivity contribution in [3.05, 3.63) is 0 Å². The molecule has 1 saturated carbocycles. The molecule has 4 nitrogen and oxygen atoms in total. The minimum absolute atomic E-state index is 0.0617. The second-order valence-corrected chi connectivity index (χ2v) is 5.43. The van der Waals surface area contributed by atoms with Gasteiger partial charge in [0.2, 0.25) is 12.2 Å². The molecule has 3 atom stereocenters. The van der Waals surface area contributed by atoms with Crippen LogP contribution < -0.4 is 0 Å². The topological polar surface area (TPSA) is 58.9 Å². The Labute approximate surface area is 95.9 Å². The van der Waals surface area contributed by atoms with Crippen molar-refractivity contribution in [3.63, 3.8) is 0 Å². The summed E-state index contributed by atoms with van der Waals surface area (Å²) in [6.07, 6.45) is 5.11. The van der Waals surface area contributed by atoms with Crippen LogP contribution in [0.4, 0.5) is 0 Å². The molecule has 0 aromatic carbocycles. The Morgan fingerprint density at radius 2 is 1.94 bits per heavy atom. The van der Waals surface area contributed by atoms with E-state index in [0.717, 1.165) is 12.8 Å². The van der Waals surface area contributed by atoms with Crippen molar-refractivity contribution >= 4 is 12.2 Å². The first-order valence-corrected chi connectivity index (χ1v) is 5.61. The molecule has 88 valence electrons. The van der Waals surface area contributed by atoms with Crippen LogP contribution >= 0.6 is 0 Å². The maximum absolute atomic E-state index is 10.4. The summed E-state index contributed by atoms with van der Waals surface area (Å²) in [6, 6.07) is -0.0617. The largest absolute Gasteiger partial charge is 0.235 e. The highest BCUT2D eigenvalue weighted by atomic mass is 16.1. The van der Waals surface area contributed by atoms with Gasteiger partial charge in [0.25, 0.3) is 0 Å². The smallest absolute Gasteiger partial charge is 0.211 e. The van der Waals surface area contributed by atoms with Crippen molar-refractivity contribution in [2.45, 2.75) is 39.7 Å². The molecule has 1 rings (SSSR count). The molecular formula is C12H18N2O2. The zero-order valence-corrected chi connectivity index (χ0v) is 10.1. The first-order valence-electron chi connectivity index (χ1n) is 5.61. The average Bonchev–Trinajstić information content (AvgIpc) is 2.15. The van der Waals surface area contributed by atoms with E-state index in [9.17, 15) is 9.59 Å². The Balaban J connectivity index is 2.86. The van der Waals surface area contributed by atoms with Crippen LogP contribution in [0.1, 0.15) is 33.6 Å². The van der Waals surface area contributed by atoms with Crippen molar-refractivity contribution in [1.82, 2.24) is 0 Å². The van der Waals surface area contributed by atoms with Gasteiger partial charge in [-0.2, -0.15) is 0 Å². The molecule has 0 aliphatic heterocycles. The second-order valence-electron chi connectivity index (χ2n) is 5.43. The van der Waals surface area contributed by atoms with E-state index in [4.69, 9.17) is 0 Å². The molecule has 1 aliphatic rings. The highest BCUT2D eigenvalue weighted by Crippen LogP contribution is 2.43. The summed E-state index contributed by atoms with van der Waals surface area (Å²) < 4.78 is 0. The fourth-order valence-electron chi connectivity index (χ4n) is 2.86. The van der Waals surface area contributed by atoms with E-state index in [0.29, 0.717) is 12.5 Å². The van der Waals surface area contributed by atoms with E-state index >= 15 is 0 Å². The van der Waals surface area contributed by atoms with E-state index in [1.54, 1.807) is 12.2 Å². The van der Waals surface area contributed by atoms with E-state index in [2.05, 4.69) is 30.8 Å². The number of nitrogens with zero attached hydrogens (tertiary/aromatic N) is 2. The summed E-state index contributed by atoms with van der Waals surface area (Å²) in [5.74, 6) is 0.568. The third kappa shape index (κ3) is 3.13. The summed E-state index contributed by atoms with van der Waals surface area (Å²) >= 11 is 0. The summed E-state index contributed by atoms with van der Waals surface area (Å²) in [7, 11) is 0. The first kappa shape index (κ1) is 12.8. The van der Waals surface area contributed by atoms with Crippen LogP contribution in [0.25, 0.3) is 0 Å². The van der Waals surface area contributed by atoms with Gasteiger partial charge in [-0.25, -0.2) is 19.6 Å². The second kappa shape index (κ2) is 5.20. The predicted molar refractivity (Wildman–Crippen MR) is 60.6 cm³/mol. The summed E-state index contributed by atoms with van der Waals surface area (Å²) in [4.78, 5) is 28.1. The lowest BCUT2D eigenvalue weighted by atomic mass is 9.65. The lowest BCUT2D eigenvalue weighted by Crippen LogP contribution is -2.39. The van der Waals surface area contributed by atoms with Gasteiger partial charge < -0.3 is 0 Å². The average molecular weight is 222 g/mol. The molecule has 0 aromatic heterocycles. The Morgan fingerprint density at radius 3 is 2.50 bits per heavy atom. The summed E-state index contributed by atoms with van der Waals surface area (Å²) in [5.41, 5.74) is 0.186. The van der Waals surface area contributed by atoms with Crippen molar-refractivity contribution in [3.8, 4) is 0 Å². The molecule has 3 unspecified atom stereocenters. The van der Waals surface area contributed by atoms with E-state index in [-0.39, 0.29) is 17.4 Å². The Morgan fingerprint density at radius 1 is 1.25 bits per heavy atom. The predicted octanol–water partition coefficient (Wildman–Crippen LogP) is 2.10. The molecule has 1 aliphatic carbocycles. The van der Waals surface area contributed by atoms with Crippen LogP contribution in [0, 0.1) is 17.3 Å². The molecule has 0 heterocycles. The number of aliphatic imine (C=N–C) groups is 2. The molecule has 0 spiro atoms. The van der Waals surface area contributed by atoms with Crippen LogP contribution in [0.3, 0.4) is 0 Å². The number of rotatable bonds is 3.